The molecule has 0 saturated carbocycles. The molecule has 0 aliphatic heterocycles. The summed E-state index contributed by atoms with van der Waals surface area (Å²) in [6.07, 6.45) is 45.8. The molecule has 57 heavy (non-hydrogen) atoms. The Kier molecular flexibility index (Phi) is 38.0. The quantitative estimate of drug-likeness (QED) is 0.0197. The fraction of sp³-hybridized carbons (Fsp3) is 0.787. The lowest BCUT2D eigenvalue weighted by Crippen LogP contribution is -2.37. The van der Waals surface area contributed by atoms with Gasteiger partial charge in [0.15, 0.2) is 6.10 Å². The van der Waals surface area contributed by atoms with E-state index in [2.05, 4.69) is 56.4 Å². The monoisotopic (exact) mass is 824 g/mol. The number of carbonyl (C=O) groups is 2. The largest absolute Gasteiger partial charge is 0.756 e. The lowest BCUT2D eigenvalue weighted by atomic mass is 10.0. The Labute approximate surface area is 350 Å². The molecule has 0 aliphatic rings. The fourth-order valence-corrected chi connectivity index (χ4v) is 6.73. The van der Waals surface area contributed by atoms with Gasteiger partial charge in [-0.05, 0) is 51.4 Å². The van der Waals surface area contributed by atoms with Crippen molar-refractivity contribution in [2.24, 2.45) is 0 Å². The SMILES string of the molecule is CCCCCCCCC/C=C/C/C=C/C/C=C/C/C=C/CCCC(=O)O[C@H](COC(=O)CCCCCCCCCCCCCC)COP(=O)([O-])OCC[N+](C)(C)C. The summed E-state index contributed by atoms with van der Waals surface area (Å²) in [5.74, 6) is -0.899. The van der Waals surface area contributed by atoms with Crippen LogP contribution in [0.4, 0.5) is 0 Å². The summed E-state index contributed by atoms with van der Waals surface area (Å²) < 4.78 is 33.8. The van der Waals surface area contributed by atoms with Gasteiger partial charge >= 0.3 is 11.9 Å². The highest BCUT2D eigenvalue weighted by atomic mass is 31.2. The number of ether oxygens (including phenoxy) is 2. The molecule has 2 atom stereocenters. The molecule has 0 fully saturated rings. The van der Waals surface area contributed by atoms with E-state index in [1.165, 1.54) is 109 Å². The maximum atomic E-state index is 12.7. The minimum Gasteiger partial charge on any atom is -0.756 e. The Morgan fingerprint density at radius 1 is 0.544 bits per heavy atom. The number of nitrogens with zero attached hydrogens (tertiary/aromatic N) is 1. The predicted octanol–water partition coefficient (Wildman–Crippen LogP) is 12.4. The molecule has 0 bridgehead atoms. The molecule has 0 radical (unpaired) electrons. The Morgan fingerprint density at radius 2 is 0.965 bits per heavy atom. The van der Waals surface area contributed by atoms with Crippen LogP contribution in [0.25, 0.3) is 0 Å². The zero-order valence-electron chi connectivity index (χ0n) is 37.3. The van der Waals surface area contributed by atoms with Crippen LogP contribution < -0.4 is 4.89 Å². The summed E-state index contributed by atoms with van der Waals surface area (Å²) >= 11 is 0. The lowest BCUT2D eigenvalue weighted by Gasteiger charge is -2.28. The molecule has 0 aromatic carbocycles. The van der Waals surface area contributed by atoms with Crippen LogP contribution in [-0.4, -0.2) is 70.0 Å². The van der Waals surface area contributed by atoms with Crippen molar-refractivity contribution in [3.8, 4) is 0 Å². The van der Waals surface area contributed by atoms with Crippen LogP contribution in [0, 0.1) is 0 Å². The number of rotatable bonds is 41. The van der Waals surface area contributed by atoms with Crippen LogP contribution in [0.3, 0.4) is 0 Å². The van der Waals surface area contributed by atoms with Gasteiger partial charge in [-0.15, -0.1) is 0 Å². The highest BCUT2D eigenvalue weighted by molar-refractivity contribution is 7.45. The molecule has 0 heterocycles. The third kappa shape index (κ3) is 43.4. The van der Waals surface area contributed by atoms with Crippen LogP contribution >= 0.6 is 7.82 Å². The average molecular weight is 824 g/mol. The van der Waals surface area contributed by atoms with Crippen molar-refractivity contribution < 1.29 is 42.1 Å². The van der Waals surface area contributed by atoms with Gasteiger partial charge in [0, 0.05) is 12.8 Å². The van der Waals surface area contributed by atoms with E-state index in [4.69, 9.17) is 18.5 Å². The zero-order valence-corrected chi connectivity index (χ0v) is 38.2. The normalized spacial score (nSPS) is 14.0. The third-order valence-corrected chi connectivity index (χ3v) is 10.6. The van der Waals surface area contributed by atoms with Gasteiger partial charge < -0.3 is 27.9 Å². The van der Waals surface area contributed by atoms with Gasteiger partial charge in [-0.2, -0.15) is 0 Å². The van der Waals surface area contributed by atoms with Gasteiger partial charge in [-0.25, -0.2) is 0 Å². The number of phosphoric ester groups is 1. The van der Waals surface area contributed by atoms with Gasteiger partial charge in [0.1, 0.15) is 19.8 Å². The average Bonchev–Trinajstić information content (AvgIpc) is 3.16. The van der Waals surface area contributed by atoms with E-state index in [1.807, 2.05) is 27.2 Å². The first-order chi connectivity index (χ1) is 27.5. The van der Waals surface area contributed by atoms with Crippen molar-refractivity contribution in [1.82, 2.24) is 0 Å². The van der Waals surface area contributed by atoms with E-state index < -0.39 is 32.5 Å². The Balaban J connectivity index is 4.42. The Bertz CT molecular complexity index is 1110. The lowest BCUT2D eigenvalue weighted by molar-refractivity contribution is -0.870. The summed E-state index contributed by atoms with van der Waals surface area (Å²) in [5.41, 5.74) is 0. The second-order valence-corrected chi connectivity index (χ2v) is 17.8. The molecule has 332 valence electrons. The molecule has 9 nitrogen and oxygen atoms in total. The molecular weight excluding hydrogens is 737 g/mol. The van der Waals surface area contributed by atoms with Crippen LogP contribution in [0.5, 0.6) is 0 Å². The molecule has 0 N–H and O–H groups in total. The van der Waals surface area contributed by atoms with Crippen molar-refractivity contribution in [3.63, 3.8) is 0 Å². The summed E-state index contributed by atoms with van der Waals surface area (Å²) in [4.78, 5) is 37.5. The van der Waals surface area contributed by atoms with E-state index in [-0.39, 0.29) is 26.1 Å². The molecule has 0 aromatic rings. The van der Waals surface area contributed by atoms with Crippen molar-refractivity contribution in [1.29, 1.82) is 0 Å². The van der Waals surface area contributed by atoms with E-state index in [0.29, 0.717) is 23.9 Å². The highest BCUT2D eigenvalue weighted by Crippen LogP contribution is 2.38. The van der Waals surface area contributed by atoms with Gasteiger partial charge in [0.2, 0.25) is 0 Å². The second-order valence-electron chi connectivity index (χ2n) is 16.4. The summed E-state index contributed by atoms with van der Waals surface area (Å²) in [7, 11) is 1.13. The fourth-order valence-electron chi connectivity index (χ4n) is 6.00. The smallest absolute Gasteiger partial charge is 0.306 e. The Morgan fingerprint density at radius 3 is 1.46 bits per heavy atom. The van der Waals surface area contributed by atoms with Crippen molar-refractivity contribution >= 4 is 19.8 Å². The minimum atomic E-state index is -4.64. The maximum absolute atomic E-state index is 12.7. The van der Waals surface area contributed by atoms with Crippen molar-refractivity contribution in [2.45, 2.75) is 193 Å². The molecule has 0 aromatic heterocycles. The van der Waals surface area contributed by atoms with Gasteiger partial charge in [0.05, 0.1) is 27.7 Å². The number of esters is 2. The molecular formula is C47H86NO8P. The standard InChI is InChI=1S/C47H86NO8P/c1-6-8-10-12-14-16-18-20-21-22-23-24-25-26-27-28-30-32-34-36-38-40-47(50)56-45(44-55-57(51,52)54-42-41-48(3,4)5)43-53-46(49)39-37-35-33-31-29-19-17-15-13-11-9-7-2/h21-22,24-25,27-28,32,34,45H,6-20,23,26,29-31,33,35-44H2,1-5H3/b22-21+,25-24+,28-27+,34-32+/t45-/m1/s1. The predicted molar refractivity (Wildman–Crippen MR) is 236 cm³/mol. The molecule has 10 heteroatoms. The first-order valence-corrected chi connectivity index (χ1v) is 24.3. The number of hydrogen-bond donors (Lipinski definition) is 0. The minimum absolute atomic E-state index is 0.0413. The first-order valence-electron chi connectivity index (χ1n) is 22.8. The molecule has 0 saturated heterocycles. The summed E-state index contributed by atoms with van der Waals surface area (Å²) in [6.45, 7) is 4.16. The van der Waals surface area contributed by atoms with Crippen LogP contribution in [0.2, 0.25) is 0 Å². The molecule has 0 aliphatic carbocycles. The maximum Gasteiger partial charge on any atom is 0.306 e. The number of quaternary nitrogens is 1. The number of allylic oxidation sites excluding steroid dienone is 8. The number of hydrogen-bond acceptors (Lipinski definition) is 8. The number of likely N-dealkylation sites (N-methyl/N-ethyl adjacent to an activating group) is 1. The highest BCUT2D eigenvalue weighted by Gasteiger charge is 2.21. The van der Waals surface area contributed by atoms with Crippen LogP contribution in [0.15, 0.2) is 48.6 Å². The number of phosphoric acid groups is 1. The topological polar surface area (TPSA) is 111 Å². The van der Waals surface area contributed by atoms with E-state index in [9.17, 15) is 19.0 Å². The van der Waals surface area contributed by atoms with Crippen LogP contribution in [-0.2, 0) is 32.7 Å². The second kappa shape index (κ2) is 39.4. The molecule has 0 spiro atoms. The van der Waals surface area contributed by atoms with Gasteiger partial charge in [0.25, 0.3) is 7.82 Å². The van der Waals surface area contributed by atoms with Crippen molar-refractivity contribution in [3.05, 3.63) is 48.6 Å². The van der Waals surface area contributed by atoms with Crippen LogP contribution in [0.1, 0.15) is 187 Å². The number of unbranched alkanes of at least 4 members (excludes halogenated alkanes) is 19. The van der Waals surface area contributed by atoms with E-state index in [0.717, 1.165) is 38.5 Å². The van der Waals surface area contributed by atoms with E-state index >= 15 is 0 Å². The number of carbonyl (C=O) groups excluding carboxylic acids is 2. The zero-order chi connectivity index (χ0) is 42.1. The summed E-state index contributed by atoms with van der Waals surface area (Å²) in [6, 6.07) is 0. The first kappa shape index (κ1) is 55.0. The Hall–Kier alpha value is -2.03. The van der Waals surface area contributed by atoms with E-state index in [1.54, 1.807) is 0 Å². The van der Waals surface area contributed by atoms with Gasteiger partial charge in [-0.3, -0.25) is 14.2 Å². The van der Waals surface area contributed by atoms with Crippen molar-refractivity contribution in [2.75, 3.05) is 47.5 Å². The molecule has 0 amide bonds. The third-order valence-electron chi connectivity index (χ3n) is 9.60. The molecule has 0 rings (SSSR count). The summed E-state index contributed by atoms with van der Waals surface area (Å²) in [5, 5.41) is 0. The van der Waals surface area contributed by atoms with Gasteiger partial charge in [-0.1, -0.05) is 172 Å². The molecule has 1 unspecified atom stereocenters.